The lowest BCUT2D eigenvalue weighted by Crippen LogP contribution is -2.12. The van der Waals surface area contributed by atoms with E-state index in [0.29, 0.717) is 11.6 Å². The van der Waals surface area contributed by atoms with E-state index in [-0.39, 0.29) is 0 Å². The molecule has 0 aliphatic carbocycles. The molecule has 0 amide bonds. The lowest BCUT2D eigenvalue weighted by atomic mass is 10.1. The van der Waals surface area contributed by atoms with Gasteiger partial charge in [-0.25, -0.2) is 0 Å². The molecule has 0 aromatic heterocycles. The zero-order chi connectivity index (χ0) is 16.5. The summed E-state index contributed by atoms with van der Waals surface area (Å²) >= 11 is 0. The summed E-state index contributed by atoms with van der Waals surface area (Å²) in [4.78, 5) is 23.2. The van der Waals surface area contributed by atoms with Gasteiger partial charge in [0.25, 0.3) is 0 Å². The van der Waals surface area contributed by atoms with Crippen LogP contribution in [0.25, 0.3) is 0 Å². The third-order valence-electron chi connectivity index (χ3n) is 3.27. The molecule has 0 aromatic rings. The second-order valence-corrected chi connectivity index (χ2v) is 6.18. The van der Waals surface area contributed by atoms with Crippen LogP contribution in [0.3, 0.4) is 0 Å². The first-order chi connectivity index (χ1) is 9.90. The van der Waals surface area contributed by atoms with E-state index >= 15 is 0 Å². The van der Waals surface area contributed by atoms with E-state index in [9.17, 15) is 9.59 Å². The fourth-order valence-corrected chi connectivity index (χ4v) is 1.96. The van der Waals surface area contributed by atoms with Gasteiger partial charge in [0.2, 0.25) is 0 Å². The summed E-state index contributed by atoms with van der Waals surface area (Å²) in [6.07, 6.45) is 11.2. The van der Waals surface area contributed by atoms with Crippen molar-refractivity contribution in [3.05, 3.63) is 0 Å². The number of nitrogens with zero attached hydrogens (tertiary/aromatic N) is 1. The molecule has 3 heteroatoms. The average molecular weight is 299 g/mol. The van der Waals surface area contributed by atoms with Crippen LogP contribution in [0.15, 0.2) is 0 Å². The van der Waals surface area contributed by atoms with Crippen LogP contribution >= 0.6 is 0 Å². The summed E-state index contributed by atoms with van der Waals surface area (Å²) in [7, 11) is 4.15. The van der Waals surface area contributed by atoms with Gasteiger partial charge in [-0.15, -0.1) is 0 Å². The number of ketones is 2. The number of carbonyl (C=O) groups excluding carboxylic acids is 2. The van der Waals surface area contributed by atoms with Crippen molar-refractivity contribution in [1.29, 1.82) is 0 Å². The van der Waals surface area contributed by atoms with E-state index in [2.05, 4.69) is 25.9 Å². The summed E-state index contributed by atoms with van der Waals surface area (Å²) in [5.74, 6) is 0.645. The largest absolute Gasteiger partial charge is 0.309 e. The van der Waals surface area contributed by atoms with Crippen molar-refractivity contribution in [3.8, 4) is 0 Å². The molecule has 0 heterocycles. The van der Waals surface area contributed by atoms with Crippen molar-refractivity contribution in [2.75, 3.05) is 20.6 Å². The van der Waals surface area contributed by atoms with Gasteiger partial charge in [0.1, 0.15) is 11.6 Å². The Hall–Kier alpha value is -0.700. The van der Waals surface area contributed by atoms with Crippen LogP contribution in [0.5, 0.6) is 0 Å². The maximum atomic E-state index is 10.5. The van der Waals surface area contributed by atoms with Gasteiger partial charge in [0.05, 0.1) is 0 Å². The van der Waals surface area contributed by atoms with E-state index in [0.717, 1.165) is 32.2 Å². The van der Waals surface area contributed by atoms with E-state index in [1.165, 1.54) is 38.5 Å². The number of unbranched alkanes of at least 4 members (excludes halogenated alkanes) is 6. The highest BCUT2D eigenvalue weighted by Crippen LogP contribution is 2.04. The smallest absolute Gasteiger partial charge is 0.129 e. The van der Waals surface area contributed by atoms with E-state index in [1.807, 2.05) is 0 Å². The van der Waals surface area contributed by atoms with Crippen LogP contribution in [0.1, 0.15) is 85.0 Å². The highest BCUT2D eigenvalue weighted by molar-refractivity contribution is 5.75. The molecule has 0 spiro atoms. The standard InChI is InChI=1S/C9H19NO.C9H18O/c1-9(11)7-5-4-6-8-10(2)3;1-3-4-5-6-7-8-9(2)10/h4-8H2,1-3H3;3-8H2,1-2H3. The molecule has 0 saturated heterocycles. The maximum Gasteiger partial charge on any atom is 0.129 e. The molecule has 0 atom stereocenters. The first-order valence-corrected chi connectivity index (χ1v) is 8.53. The molecule has 21 heavy (non-hydrogen) atoms. The van der Waals surface area contributed by atoms with Crippen LogP contribution in [-0.4, -0.2) is 37.1 Å². The van der Waals surface area contributed by atoms with Crippen molar-refractivity contribution in [1.82, 2.24) is 4.90 Å². The van der Waals surface area contributed by atoms with Gasteiger partial charge in [-0.3, -0.25) is 0 Å². The van der Waals surface area contributed by atoms with E-state index < -0.39 is 0 Å². The van der Waals surface area contributed by atoms with Gasteiger partial charge in [0.15, 0.2) is 0 Å². The molecule has 0 aliphatic heterocycles. The summed E-state index contributed by atoms with van der Waals surface area (Å²) < 4.78 is 0. The van der Waals surface area contributed by atoms with Gasteiger partial charge in [0, 0.05) is 12.8 Å². The monoisotopic (exact) mass is 299 g/mol. The molecule has 0 rings (SSSR count). The maximum absolute atomic E-state index is 10.5. The zero-order valence-electron chi connectivity index (χ0n) is 15.0. The Kier molecular flexibility index (Phi) is 18.7. The Morgan fingerprint density at radius 3 is 1.52 bits per heavy atom. The Morgan fingerprint density at radius 2 is 1.14 bits per heavy atom. The Bertz CT molecular complexity index is 250. The van der Waals surface area contributed by atoms with Crippen LogP contribution in [0.2, 0.25) is 0 Å². The molecule has 0 aromatic carbocycles. The molecule has 0 aliphatic rings. The average Bonchev–Trinajstić information content (AvgIpc) is 2.38. The number of hydrogen-bond acceptors (Lipinski definition) is 3. The molecule has 0 N–H and O–H groups in total. The highest BCUT2D eigenvalue weighted by Gasteiger charge is 1.94. The number of carbonyl (C=O) groups is 2. The van der Waals surface area contributed by atoms with Crippen LogP contribution in [0, 0.1) is 0 Å². The SMILES string of the molecule is CC(=O)CCCCCN(C)C.CCCCCCCC(C)=O. The molecule has 0 bridgehead atoms. The minimum absolute atomic E-state index is 0.315. The molecule has 0 radical (unpaired) electrons. The number of rotatable bonds is 12. The first kappa shape index (κ1) is 22.6. The normalized spacial score (nSPS) is 10.2. The second-order valence-electron chi connectivity index (χ2n) is 6.18. The summed E-state index contributed by atoms with van der Waals surface area (Å²) in [6.45, 7) is 6.66. The molecular formula is C18H37NO2. The molecular weight excluding hydrogens is 262 g/mol. The van der Waals surface area contributed by atoms with Crippen LogP contribution in [0.4, 0.5) is 0 Å². The minimum Gasteiger partial charge on any atom is -0.309 e. The predicted octanol–water partition coefficient (Wildman–Crippen LogP) is 4.63. The Labute approximate surface area is 132 Å². The number of Topliss-reactive ketones (excluding diaryl/α,β-unsaturated/α-hetero) is 2. The van der Waals surface area contributed by atoms with Crippen molar-refractivity contribution in [2.24, 2.45) is 0 Å². The van der Waals surface area contributed by atoms with Crippen LogP contribution < -0.4 is 0 Å². The van der Waals surface area contributed by atoms with Crippen molar-refractivity contribution in [3.63, 3.8) is 0 Å². The molecule has 3 nitrogen and oxygen atoms in total. The van der Waals surface area contributed by atoms with Crippen molar-refractivity contribution in [2.45, 2.75) is 85.0 Å². The van der Waals surface area contributed by atoms with Crippen LogP contribution in [-0.2, 0) is 9.59 Å². The number of hydrogen-bond donors (Lipinski definition) is 0. The second kappa shape index (κ2) is 17.4. The summed E-state index contributed by atoms with van der Waals surface area (Å²) in [6, 6.07) is 0. The fraction of sp³-hybridized carbons (Fsp3) is 0.889. The quantitative estimate of drug-likeness (QED) is 0.493. The van der Waals surface area contributed by atoms with Gasteiger partial charge in [-0.1, -0.05) is 39.0 Å². The zero-order valence-corrected chi connectivity index (χ0v) is 15.0. The van der Waals surface area contributed by atoms with Crippen molar-refractivity contribution < 1.29 is 9.59 Å². The fourth-order valence-electron chi connectivity index (χ4n) is 1.96. The van der Waals surface area contributed by atoms with Crippen molar-refractivity contribution >= 4 is 11.6 Å². The Balaban J connectivity index is 0. The lowest BCUT2D eigenvalue weighted by Gasteiger charge is -2.07. The van der Waals surface area contributed by atoms with Gasteiger partial charge in [-0.05, 0) is 53.8 Å². The van der Waals surface area contributed by atoms with Gasteiger partial charge >= 0.3 is 0 Å². The van der Waals surface area contributed by atoms with E-state index in [1.54, 1.807) is 13.8 Å². The Morgan fingerprint density at radius 1 is 0.714 bits per heavy atom. The van der Waals surface area contributed by atoms with Gasteiger partial charge < -0.3 is 14.5 Å². The molecule has 0 unspecified atom stereocenters. The lowest BCUT2D eigenvalue weighted by molar-refractivity contribution is -0.117. The molecule has 0 saturated carbocycles. The summed E-state index contributed by atoms with van der Waals surface area (Å²) in [5.41, 5.74) is 0. The van der Waals surface area contributed by atoms with Gasteiger partial charge in [-0.2, -0.15) is 0 Å². The third kappa shape index (κ3) is 28.2. The molecule has 0 fully saturated rings. The predicted molar refractivity (Wildman–Crippen MR) is 91.8 cm³/mol. The molecule has 126 valence electrons. The topological polar surface area (TPSA) is 37.4 Å². The first-order valence-electron chi connectivity index (χ1n) is 8.53. The highest BCUT2D eigenvalue weighted by atomic mass is 16.1. The minimum atomic E-state index is 0.315. The van der Waals surface area contributed by atoms with E-state index in [4.69, 9.17) is 0 Å². The third-order valence-corrected chi connectivity index (χ3v) is 3.27. The summed E-state index contributed by atoms with van der Waals surface area (Å²) in [5, 5.41) is 0.